The van der Waals surface area contributed by atoms with Gasteiger partial charge < -0.3 is 15.1 Å². The molecule has 5 heteroatoms. The topological polar surface area (TPSA) is 59.5 Å². The average Bonchev–Trinajstić information content (AvgIpc) is 3.05. The monoisotopic (exact) mass is 284 g/mol. The zero-order valence-corrected chi connectivity index (χ0v) is 11.8. The molecule has 3 unspecified atom stereocenters. The standard InChI is InChI=1S/C14H20N2O2.ClH/c15-13-3-2-11-7-16(8-12(11)13)14(17)4-1-10-5-6-18-9-10;/h5-6,9,11-13H,1-4,7-8,15H2;1H. The number of rotatable bonds is 3. The minimum Gasteiger partial charge on any atom is -0.472 e. The van der Waals surface area contributed by atoms with E-state index >= 15 is 0 Å². The van der Waals surface area contributed by atoms with E-state index in [1.54, 1.807) is 12.5 Å². The Morgan fingerprint density at radius 3 is 2.95 bits per heavy atom. The zero-order chi connectivity index (χ0) is 12.5. The molecule has 1 aliphatic heterocycles. The van der Waals surface area contributed by atoms with Crippen LogP contribution in [0.1, 0.15) is 24.8 Å². The summed E-state index contributed by atoms with van der Waals surface area (Å²) in [5.74, 6) is 1.46. The molecular weight excluding hydrogens is 264 g/mol. The van der Waals surface area contributed by atoms with Crippen LogP contribution in [0.5, 0.6) is 0 Å². The second kappa shape index (κ2) is 5.97. The molecule has 2 N–H and O–H groups in total. The van der Waals surface area contributed by atoms with Gasteiger partial charge in [0.2, 0.25) is 5.91 Å². The number of nitrogens with zero attached hydrogens (tertiary/aromatic N) is 1. The number of amides is 1. The van der Waals surface area contributed by atoms with Crippen molar-refractivity contribution in [1.29, 1.82) is 0 Å². The Balaban J connectivity index is 0.00000133. The lowest BCUT2D eigenvalue weighted by Crippen LogP contribution is -2.33. The molecule has 4 nitrogen and oxygen atoms in total. The Labute approximate surface area is 119 Å². The van der Waals surface area contributed by atoms with Gasteiger partial charge >= 0.3 is 0 Å². The van der Waals surface area contributed by atoms with Gasteiger partial charge in [-0.3, -0.25) is 4.79 Å². The Bertz CT molecular complexity index is 421. The van der Waals surface area contributed by atoms with Gasteiger partial charge in [0.05, 0.1) is 12.5 Å². The maximum Gasteiger partial charge on any atom is 0.222 e. The number of hydrogen-bond donors (Lipinski definition) is 1. The van der Waals surface area contributed by atoms with Gasteiger partial charge in [0.1, 0.15) is 0 Å². The van der Waals surface area contributed by atoms with E-state index in [9.17, 15) is 4.79 Å². The van der Waals surface area contributed by atoms with Crippen LogP contribution in [0.4, 0.5) is 0 Å². The van der Waals surface area contributed by atoms with Gasteiger partial charge in [0.25, 0.3) is 0 Å². The molecule has 0 radical (unpaired) electrons. The molecule has 1 amide bonds. The second-order valence-corrected chi connectivity index (χ2v) is 5.60. The molecule has 2 aliphatic rings. The van der Waals surface area contributed by atoms with Gasteiger partial charge in [0, 0.05) is 25.6 Å². The Morgan fingerprint density at radius 2 is 2.26 bits per heavy atom. The van der Waals surface area contributed by atoms with Crippen molar-refractivity contribution in [2.45, 2.75) is 31.7 Å². The van der Waals surface area contributed by atoms with Gasteiger partial charge in [-0.05, 0) is 42.7 Å². The van der Waals surface area contributed by atoms with Crippen molar-refractivity contribution < 1.29 is 9.21 Å². The van der Waals surface area contributed by atoms with Crippen LogP contribution in [0.25, 0.3) is 0 Å². The summed E-state index contributed by atoms with van der Waals surface area (Å²) in [5, 5.41) is 0. The van der Waals surface area contributed by atoms with Crippen LogP contribution >= 0.6 is 12.4 Å². The summed E-state index contributed by atoms with van der Waals surface area (Å²) in [5.41, 5.74) is 7.18. The summed E-state index contributed by atoms with van der Waals surface area (Å²) in [4.78, 5) is 14.1. The van der Waals surface area contributed by atoms with Crippen LogP contribution < -0.4 is 5.73 Å². The van der Waals surface area contributed by atoms with Gasteiger partial charge in [0.15, 0.2) is 0 Å². The van der Waals surface area contributed by atoms with Crippen LogP contribution in [0.3, 0.4) is 0 Å². The number of hydrogen-bond acceptors (Lipinski definition) is 3. The lowest BCUT2D eigenvalue weighted by Gasteiger charge is -2.18. The molecule has 19 heavy (non-hydrogen) atoms. The molecule has 0 spiro atoms. The SMILES string of the molecule is Cl.NC1CCC2CN(C(=O)CCc3ccoc3)CC12. The third-order valence-corrected chi connectivity index (χ3v) is 4.47. The first-order valence-corrected chi connectivity index (χ1v) is 6.78. The Morgan fingerprint density at radius 1 is 1.42 bits per heavy atom. The molecule has 106 valence electrons. The fraction of sp³-hybridized carbons (Fsp3) is 0.643. The van der Waals surface area contributed by atoms with E-state index in [0.717, 1.165) is 31.5 Å². The van der Waals surface area contributed by atoms with Crippen molar-refractivity contribution in [1.82, 2.24) is 4.90 Å². The molecule has 1 aromatic heterocycles. The highest BCUT2D eigenvalue weighted by molar-refractivity contribution is 5.85. The predicted molar refractivity (Wildman–Crippen MR) is 75.0 cm³/mol. The number of aryl methyl sites for hydroxylation is 1. The first kappa shape index (κ1) is 14.4. The summed E-state index contributed by atoms with van der Waals surface area (Å²) in [7, 11) is 0. The molecule has 0 aromatic carbocycles. The molecule has 2 heterocycles. The fourth-order valence-corrected chi connectivity index (χ4v) is 3.36. The summed E-state index contributed by atoms with van der Waals surface area (Å²) in [6, 6.07) is 2.23. The van der Waals surface area contributed by atoms with E-state index in [-0.39, 0.29) is 18.3 Å². The number of carbonyl (C=O) groups is 1. The van der Waals surface area contributed by atoms with Crippen molar-refractivity contribution >= 4 is 18.3 Å². The Hall–Kier alpha value is -1.00. The number of carbonyl (C=O) groups excluding carboxylic acids is 1. The number of furan rings is 1. The molecule has 1 saturated carbocycles. The predicted octanol–water partition coefficient (Wildman–Crippen LogP) is 1.83. The van der Waals surface area contributed by atoms with Crippen molar-refractivity contribution in [3.63, 3.8) is 0 Å². The van der Waals surface area contributed by atoms with Gasteiger partial charge in [-0.1, -0.05) is 0 Å². The minimum absolute atomic E-state index is 0. The molecule has 3 rings (SSSR count). The van der Waals surface area contributed by atoms with E-state index in [2.05, 4.69) is 0 Å². The zero-order valence-electron chi connectivity index (χ0n) is 11.0. The third-order valence-electron chi connectivity index (χ3n) is 4.47. The summed E-state index contributed by atoms with van der Waals surface area (Å²) >= 11 is 0. The number of likely N-dealkylation sites (tertiary alicyclic amines) is 1. The molecule has 1 aliphatic carbocycles. The number of halogens is 1. The normalized spacial score (nSPS) is 29.1. The first-order chi connectivity index (χ1) is 8.74. The van der Waals surface area contributed by atoms with Crippen LogP contribution in [-0.2, 0) is 11.2 Å². The third kappa shape index (κ3) is 2.95. The quantitative estimate of drug-likeness (QED) is 0.921. The van der Waals surface area contributed by atoms with E-state index in [1.807, 2.05) is 11.0 Å². The second-order valence-electron chi connectivity index (χ2n) is 5.60. The van der Waals surface area contributed by atoms with Crippen molar-refractivity contribution in [2.24, 2.45) is 17.6 Å². The van der Waals surface area contributed by atoms with E-state index < -0.39 is 0 Å². The summed E-state index contributed by atoms with van der Waals surface area (Å²) < 4.78 is 5.01. The smallest absolute Gasteiger partial charge is 0.222 e. The number of nitrogens with two attached hydrogens (primary N) is 1. The Kier molecular flexibility index (Phi) is 4.53. The highest BCUT2D eigenvalue weighted by Crippen LogP contribution is 2.37. The highest BCUT2D eigenvalue weighted by atomic mass is 35.5. The lowest BCUT2D eigenvalue weighted by atomic mass is 9.98. The average molecular weight is 285 g/mol. The molecule has 2 fully saturated rings. The maximum atomic E-state index is 12.1. The van der Waals surface area contributed by atoms with Gasteiger partial charge in [-0.15, -0.1) is 12.4 Å². The van der Waals surface area contributed by atoms with Crippen molar-refractivity contribution in [2.75, 3.05) is 13.1 Å². The molecule has 0 bridgehead atoms. The van der Waals surface area contributed by atoms with Gasteiger partial charge in [-0.2, -0.15) is 0 Å². The maximum absolute atomic E-state index is 12.1. The molecule has 1 aromatic rings. The van der Waals surface area contributed by atoms with Crippen LogP contribution in [0.2, 0.25) is 0 Å². The largest absolute Gasteiger partial charge is 0.472 e. The van der Waals surface area contributed by atoms with E-state index in [4.69, 9.17) is 10.2 Å². The first-order valence-electron chi connectivity index (χ1n) is 6.78. The van der Waals surface area contributed by atoms with Crippen LogP contribution in [-0.4, -0.2) is 29.9 Å². The summed E-state index contributed by atoms with van der Waals surface area (Å²) in [6.07, 6.45) is 7.03. The lowest BCUT2D eigenvalue weighted by molar-refractivity contribution is -0.130. The number of fused-ring (bicyclic) bond motifs is 1. The molecular formula is C14H21ClN2O2. The highest BCUT2D eigenvalue weighted by Gasteiger charge is 2.42. The summed E-state index contributed by atoms with van der Waals surface area (Å²) in [6.45, 7) is 1.79. The van der Waals surface area contributed by atoms with Crippen molar-refractivity contribution in [3.8, 4) is 0 Å². The van der Waals surface area contributed by atoms with E-state index in [0.29, 0.717) is 24.3 Å². The molecule has 1 saturated heterocycles. The minimum atomic E-state index is 0. The van der Waals surface area contributed by atoms with E-state index in [1.165, 1.54) is 6.42 Å². The fourth-order valence-electron chi connectivity index (χ4n) is 3.36. The van der Waals surface area contributed by atoms with Crippen molar-refractivity contribution in [3.05, 3.63) is 24.2 Å². The molecule has 3 atom stereocenters. The van der Waals surface area contributed by atoms with Gasteiger partial charge in [-0.25, -0.2) is 0 Å². The van der Waals surface area contributed by atoms with Crippen LogP contribution in [0, 0.1) is 11.8 Å². The van der Waals surface area contributed by atoms with Crippen LogP contribution in [0.15, 0.2) is 23.0 Å².